The monoisotopic (exact) mass is 269 g/mol. The molecule has 1 unspecified atom stereocenters. The first-order valence-electron chi connectivity index (χ1n) is 5.41. The fraction of sp³-hybridized carbons (Fsp3) is 0.500. The minimum absolute atomic E-state index is 0.00410. The molecule has 0 saturated carbocycles. The van der Waals surface area contributed by atoms with Crippen LogP contribution in [0.25, 0.3) is 0 Å². The van der Waals surface area contributed by atoms with Crippen molar-refractivity contribution in [3.63, 3.8) is 0 Å². The second-order valence-electron chi connectivity index (χ2n) is 4.19. The molecular formula is C10H15N5O4. The lowest BCUT2D eigenvalue weighted by Crippen LogP contribution is -2.47. The van der Waals surface area contributed by atoms with Crippen LogP contribution < -0.4 is 10.6 Å². The van der Waals surface area contributed by atoms with Gasteiger partial charge in [0.05, 0.1) is 17.9 Å². The number of aromatic nitrogens is 3. The summed E-state index contributed by atoms with van der Waals surface area (Å²) in [6, 6.07) is -0.730. The molecule has 104 valence electrons. The number of carbonyl (C=O) groups excluding carboxylic acids is 1. The average Bonchev–Trinajstić information content (AvgIpc) is 2.31. The highest BCUT2D eigenvalue weighted by molar-refractivity contribution is 5.88. The van der Waals surface area contributed by atoms with Crippen LogP contribution in [0.4, 0.5) is 10.7 Å². The molecule has 19 heavy (non-hydrogen) atoms. The van der Waals surface area contributed by atoms with Gasteiger partial charge in [-0.2, -0.15) is 5.10 Å². The quantitative estimate of drug-likeness (QED) is 0.575. The molecule has 0 bridgehead atoms. The number of aliphatic hydroxyl groups is 1. The number of carboxylic acid groups (broad SMARTS) is 1. The van der Waals surface area contributed by atoms with Gasteiger partial charge in [-0.3, -0.25) is 5.32 Å². The van der Waals surface area contributed by atoms with Crippen molar-refractivity contribution in [2.45, 2.75) is 26.4 Å². The number of rotatable bonds is 4. The summed E-state index contributed by atoms with van der Waals surface area (Å²) in [6.45, 7) is 4.06. The second kappa shape index (κ2) is 5.57. The predicted octanol–water partition coefficient (Wildman–Crippen LogP) is -0.554. The molecule has 0 saturated heterocycles. The number of nitrogens with one attached hydrogen (secondary N) is 2. The average molecular weight is 269 g/mol. The predicted molar refractivity (Wildman–Crippen MR) is 64.6 cm³/mol. The van der Waals surface area contributed by atoms with E-state index in [-0.39, 0.29) is 5.95 Å². The Balaban J connectivity index is 2.56. The van der Waals surface area contributed by atoms with E-state index in [4.69, 9.17) is 5.11 Å². The summed E-state index contributed by atoms with van der Waals surface area (Å²) in [7, 11) is 0. The summed E-state index contributed by atoms with van der Waals surface area (Å²) in [5, 5.41) is 30.0. The van der Waals surface area contributed by atoms with E-state index in [1.165, 1.54) is 0 Å². The molecule has 1 aromatic heterocycles. The topological polar surface area (TPSA) is 137 Å². The van der Waals surface area contributed by atoms with Crippen molar-refractivity contribution in [1.29, 1.82) is 0 Å². The molecule has 0 aliphatic carbocycles. The lowest BCUT2D eigenvalue weighted by molar-refractivity contribution is -0.155. The van der Waals surface area contributed by atoms with Crippen LogP contribution in [0, 0.1) is 13.8 Å². The van der Waals surface area contributed by atoms with Gasteiger partial charge in [0.25, 0.3) is 5.95 Å². The molecule has 9 nitrogen and oxygen atoms in total. The summed E-state index contributed by atoms with van der Waals surface area (Å²) < 4.78 is 0. The highest BCUT2D eigenvalue weighted by Gasteiger charge is 2.30. The summed E-state index contributed by atoms with van der Waals surface area (Å²) in [5.41, 5.74) is -0.790. The van der Waals surface area contributed by atoms with E-state index in [0.29, 0.717) is 11.4 Å². The Morgan fingerprint density at radius 1 is 1.26 bits per heavy atom. The molecule has 1 heterocycles. The van der Waals surface area contributed by atoms with Gasteiger partial charge in [0.1, 0.15) is 0 Å². The van der Waals surface area contributed by atoms with Gasteiger partial charge in [0, 0.05) is 0 Å². The zero-order valence-electron chi connectivity index (χ0n) is 10.8. The maximum atomic E-state index is 11.4. The Morgan fingerprint density at radius 3 is 2.42 bits per heavy atom. The Morgan fingerprint density at radius 2 is 1.89 bits per heavy atom. The van der Waals surface area contributed by atoms with Crippen LogP contribution in [0.2, 0.25) is 0 Å². The molecule has 4 N–H and O–H groups in total. The van der Waals surface area contributed by atoms with E-state index in [9.17, 15) is 14.7 Å². The minimum Gasteiger partial charge on any atom is -0.479 e. The molecule has 0 aliphatic rings. The molecule has 1 atom stereocenters. The number of aryl methyl sites for hydroxylation is 2. The standard InChI is InChI=1S/C10H15N5O4/c1-5-6(2)14-15-8(12-5)13-9(18)11-4-10(3,19)7(16)17/h19H,4H2,1-3H3,(H,16,17)(H2,11,12,13,15,18). The van der Waals surface area contributed by atoms with Crippen LogP contribution in [0.5, 0.6) is 0 Å². The minimum atomic E-state index is -2.04. The van der Waals surface area contributed by atoms with Crippen molar-refractivity contribution in [1.82, 2.24) is 20.5 Å². The van der Waals surface area contributed by atoms with Crippen molar-refractivity contribution in [2.24, 2.45) is 0 Å². The molecule has 0 aliphatic heterocycles. The van der Waals surface area contributed by atoms with E-state index in [2.05, 4.69) is 25.8 Å². The van der Waals surface area contributed by atoms with Crippen molar-refractivity contribution >= 4 is 17.9 Å². The number of anilines is 1. The second-order valence-corrected chi connectivity index (χ2v) is 4.19. The number of carbonyl (C=O) groups is 2. The number of urea groups is 1. The zero-order valence-corrected chi connectivity index (χ0v) is 10.8. The number of amides is 2. The number of aliphatic carboxylic acids is 1. The Hall–Kier alpha value is -2.29. The molecule has 0 radical (unpaired) electrons. The van der Waals surface area contributed by atoms with Gasteiger partial charge in [-0.25, -0.2) is 14.6 Å². The first-order chi connectivity index (χ1) is 8.72. The van der Waals surface area contributed by atoms with Crippen molar-refractivity contribution < 1.29 is 19.8 Å². The molecule has 1 rings (SSSR count). The maximum Gasteiger partial charge on any atom is 0.337 e. The van der Waals surface area contributed by atoms with Crippen LogP contribution in [0.15, 0.2) is 0 Å². The highest BCUT2D eigenvalue weighted by atomic mass is 16.4. The largest absolute Gasteiger partial charge is 0.479 e. The molecule has 1 aromatic rings. The molecule has 0 spiro atoms. The maximum absolute atomic E-state index is 11.4. The third-order valence-corrected chi connectivity index (χ3v) is 2.37. The third kappa shape index (κ3) is 4.14. The lowest BCUT2D eigenvalue weighted by atomic mass is 10.1. The zero-order chi connectivity index (χ0) is 14.6. The van der Waals surface area contributed by atoms with Crippen LogP contribution >= 0.6 is 0 Å². The van der Waals surface area contributed by atoms with E-state index in [1.807, 2.05) is 0 Å². The lowest BCUT2D eigenvalue weighted by Gasteiger charge is -2.18. The number of nitrogens with zero attached hydrogens (tertiary/aromatic N) is 3. The van der Waals surface area contributed by atoms with Gasteiger partial charge < -0.3 is 15.5 Å². The Kier molecular flexibility index (Phi) is 4.33. The number of hydrogen-bond donors (Lipinski definition) is 4. The van der Waals surface area contributed by atoms with E-state index in [0.717, 1.165) is 6.92 Å². The van der Waals surface area contributed by atoms with Crippen LogP contribution in [0.1, 0.15) is 18.3 Å². The summed E-state index contributed by atoms with van der Waals surface area (Å²) >= 11 is 0. The van der Waals surface area contributed by atoms with Crippen LogP contribution in [0.3, 0.4) is 0 Å². The van der Waals surface area contributed by atoms with Gasteiger partial charge in [0.2, 0.25) is 0 Å². The number of carboxylic acids is 1. The third-order valence-electron chi connectivity index (χ3n) is 2.37. The highest BCUT2D eigenvalue weighted by Crippen LogP contribution is 2.03. The molecule has 9 heteroatoms. The Bertz CT molecular complexity index is 503. The first-order valence-corrected chi connectivity index (χ1v) is 5.41. The summed E-state index contributed by atoms with van der Waals surface area (Å²) in [5.74, 6) is -1.44. The van der Waals surface area contributed by atoms with Gasteiger partial charge in [-0.1, -0.05) is 0 Å². The van der Waals surface area contributed by atoms with Gasteiger partial charge in [-0.05, 0) is 20.8 Å². The van der Waals surface area contributed by atoms with Gasteiger partial charge in [-0.15, -0.1) is 5.10 Å². The van der Waals surface area contributed by atoms with E-state index in [1.54, 1.807) is 13.8 Å². The normalized spacial score (nSPS) is 13.5. The smallest absolute Gasteiger partial charge is 0.337 e. The molecule has 2 amide bonds. The van der Waals surface area contributed by atoms with Gasteiger partial charge in [0.15, 0.2) is 5.60 Å². The van der Waals surface area contributed by atoms with Crippen LogP contribution in [-0.4, -0.2) is 49.5 Å². The van der Waals surface area contributed by atoms with Crippen molar-refractivity contribution in [2.75, 3.05) is 11.9 Å². The van der Waals surface area contributed by atoms with E-state index < -0.39 is 24.1 Å². The fourth-order valence-electron chi connectivity index (χ4n) is 0.984. The Labute approximate surface area is 109 Å². The van der Waals surface area contributed by atoms with Crippen molar-refractivity contribution in [3.05, 3.63) is 11.4 Å². The van der Waals surface area contributed by atoms with E-state index >= 15 is 0 Å². The SMILES string of the molecule is Cc1nnc(NC(=O)NCC(C)(O)C(=O)O)nc1C. The first kappa shape index (κ1) is 14.8. The number of hydrogen-bond acceptors (Lipinski definition) is 6. The van der Waals surface area contributed by atoms with Crippen molar-refractivity contribution in [3.8, 4) is 0 Å². The molecule has 0 aromatic carbocycles. The molecular weight excluding hydrogens is 254 g/mol. The summed E-state index contributed by atoms with van der Waals surface area (Å²) in [6.07, 6.45) is 0. The van der Waals surface area contributed by atoms with Crippen LogP contribution in [-0.2, 0) is 4.79 Å². The summed E-state index contributed by atoms with van der Waals surface area (Å²) in [4.78, 5) is 26.0. The fourth-order valence-corrected chi connectivity index (χ4v) is 0.984. The van der Waals surface area contributed by atoms with Gasteiger partial charge >= 0.3 is 12.0 Å². The molecule has 0 fully saturated rings.